The number of hydrogen-bond acceptors (Lipinski definition) is 1. The van der Waals surface area contributed by atoms with Gasteiger partial charge in [-0.3, -0.25) is 4.79 Å². The van der Waals surface area contributed by atoms with Gasteiger partial charge in [-0.1, -0.05) is 19.6 Å². The van der Waals surface area contributed by atoms with Gasteiger partial charge in [-0.25, -0.2) is 0 Å². The summed E-state index contributed by atoms with van der Waals surface area (Å²) in [4.78, 5) is 11.4. The first-order chi connectivity index (χ1) is 5.61. The number of carbonyl (C=O) groups excluding carboxylic acids is 1. The molecule has 1 rings (SSSR count). The van der Waals surface area contributed by atoms with Crippen LogP contribution in [-0.2, 0) is 4.79 Å². The summed E-state index contributed by atoms with van der Waals surface area (Å²) >= 11 is 0. The maximum Gasteiger partial charge on any atom is 0.183 e. The van der Waals surface area contributed by atoms with E-state index >= 15 is 0 Å². The van der Waals surface area contributed by atoms with Gasteiger partial charge in [-0.05, 0) is 43.3 Å². The van der Waals surface area contributed by atoms with Gasteiger partial charge in [0.15, 0.2) is 5.78 Å². The van der Waals surface area contributed by atoms with Crippen molar-refractivity contribution in [3.63, 3.8) is 0 Å². The molecule has 1 aliphatic rings. The maximum absolute atomic E-state index is 11.4. The van der Waals surface area contributed by atoms with E-state index in [9.17, 15) is 4.79 Å². The van der Waals surface area contributed by atoms with E-state index in [-0.39, 0.29) is 5.78 Å². The predicted octanol–water partition coefficient (Wildman–Crippen LogP) is 2.88. The van der Waals surface area contributed by atoms with Crippen molar-refractivity contribution >= 4 is 5.78 Å². The quantitative estimate of drug-likeness (QED) is 0.573. The zero-order chi connectivity index (χ0) is 9.14. The molecule has 0 amide bonds. The highest BCUT2D eigenvalue weighted by Crippen LogP contribution is 2.24. The largest absolute Gasteiger partial charge is 0.289 e. The highest BCUT2D eigenvalue weighted by Gasteiger charge is 2.15. The third-order valence-electron chi connectivity index (χ3n) is 2.35. The molecule has 0 aromatic carbocycles. The van der Waals surface area contributed by atoms with Gasteiger partial charge in [0.2, 0.25) is 0 Å². The Kier molecular flexibility index (Phi) is 2.85. The summed E-state index contributed by atoms with van der Waals surface area (Å²) in [6.07, 6.45) is 5.21. The SMILES string of the molecule is C=C(C)C(=O)C1=CCC(C)CC1. The Morgan fingerprint density at radius 3 is 2.75 bits per heavy atom. The Morgan fingerprint density at radius 1 is 1.67 bits per heavy atom. The Labute approximate surface area is 74.2 Å². The zero-order valence-corrected chi connectivity index (χ0v) is 7.89. The van der Waals surface area contributed by atoms with E-state index in [1.165, 1.54) is 0 Å². The van der Waals surface area contributed by atoms with Gasteiger partial charge in [0.25, 0.3) is 0 Å². The number of carbonyl (C=O) groups is 1. The van der Waals surface area contributed by atoms with E-state index in [0.29, 0.717) is 5.57 Å². The average Bonchev–Trinajstić information content (AvgIpc) is 2.04. The van der Waals surface area contributed by atoms with Crippen molar-refractivity contribution < 1.29 is 4.79 Å². The van der Waals surface area contributed by atoms with E-state index in [1.54, 1.807) is 6.92 Å². The summed E-state index contributed by atoms with van der Waals surface area (Å²) in [6.45, 7) is 7.66. The molecule has 0 aliphatic heterocycles. The fourth-order valence-electron chi connectivity index (χ4n) is 1.45. The molecule has 0 saturated heterocycles. The van der Waals surface area contributed by atoms with Gasteiger partial charge in [0.05, 0.1) is 0 Å². The smallest absolute Gasteiger partial charge is 0.183 e. The van der Waals surface area contributed by atoms with Crippen LogP contribution in [0.5, 0.6) is 0 Å². The number of rotatable bonds is 2. The van der Waals surface area contributed by atoms with Crippen LogP contribution in [0.25, 0.3) is 0 Å². The summed E-state index contributed by atoms with van der Waals surface area (Å²) < 4.78 is 0. The van der Waals surface area contributed by atoms with Crippen molar-refractivity contribution in [3.05, 3.63) is 23.8 Å². The van der Waals surface area contributed by atoms with Crippen LogP contribution >= 0.6 is 0 Å². The summed E-state index contributed by atoms with van der Waals surface area (Å²) in [6, 6.07) is 0. The number of hydrogen-bond donors (Lipinski definition) is 0. The summed E-state index contributed by atoms with van der Waals surface area (Å²) in [5, 5.41) is 0. The van der Waals surface area contributed by atoms with Crippen LogP contribution in [0.2, 0.25) is 0 Å². The molecule has 0 bridgehead atoms. The van der Waals surface area contributed by atoms with Crippen molar-refractivity contribution in [2.24, 2.45) is 5.92 Å². The first-order valence-electron chi connectivity index (χ1n) is 4.50. The summed E-state index contributed by atoms with van der Waals surface area (Å²) in [7, 11) is 0. The van der Waals surface area contributed by atoms with E-state index in [2.05, 4.69) is 19.6 Å². The molecule has 0 heterocycles. The van der Waals surface area contributed by atoms with Crippen LogP contribution in [0.1, 0.15) is 33.1 Å². The van der Waals surface area contributed by atoms with Crippen LogP contribution in [0.4, 0.5) is 0 Å². The molecule has 1 nitrogen and oxygen atoms in total. The molecule has 0 aromatic rings. The van der Waals surface area contributed by atoms with E-state index < -0.39 is 0 Å². The van der Waals surface area contributed by atoms with Crippen LogP contribution in [-0.4, -0.2) is 5.78 Å². The van der Waals surface area contributed by atoms with Crippen LogP contribution < -0.4 is 0 Å². The highest BCUT2D eigenvalue weighted by molar-refractivity contribution is 6.07. The summed E-state index contributed by atoms with van der Waals surface area (Å²) in [5.74, 6) is 0.897. The molecule has 0 fully saturated rings. The molecule has 1 aliphatic carbocycles. The van der Waals surface area contributed by atoms with Gasteiger partial charge in [0.1, 0.15) is 0 Å². The lowest BCUT2D eigenvalue weighted by Gasteiger charge is -2.17. The van der Waals surface area contributed by atoms with Crippen molar-refractivity contribution in [2.75, 3.05) is 0 Å². The first-order valence-corrected chi connectivity index (χ1v) is 4.50. The van der Waals surface area contributed by atoms with E-state index in [1.807, 2.05) is 0 Å². The van der Waals surface area contributed by atoms with Crippen LogP contribution in [0.15, 0.2) is 23.8 Å². The lowest BCUT2D eigenvalue weighted by Crippen LogP contribution is -2.09. The topological polar surface area (TPSA) is 17.1 Å². The molecule has 12 heavy (non-hydrogen) atoms. The van der Waals surface area contributed by atoms with Gasteiger partial charge < -0.3 is 0 Å². The minimum atomic E-state index is 0.155. The Hall–Kier alpha value is -0.850. The molecule has 0 aromatic heterocycles. The Bertz CT molecular complexity index is 235. The van der Waals surface area contributed by atoms with Crippen molar-refractivity contribution in [3.8, 4) is 0 Å². The normalized spacial score (nSPS) is 23.2. The predicted molar refractivity (Wildman–Crippen MR) is 50.9 cm³/mol. The lowest BCUT2D eigenvalue weighted by atomic mass is 9.88. The minimum Gasteiger partial charge on any atom is -0.289 e. The number of ketones is 1. The second-order valence-electron chi connectivity index (χ2n) is 3.72. The summed E-state index contributed by atoms with van der Waals surface area (Å²) in [5.41, 5.74) is 1.64. The molecule has 1 heteroatoms. The van der Waals surface area contributed by atoms with Crippen molar-refractivity contribution in [1.82, 2.24) is 0 Å². The average molecular weight is 164 g/mol. The standard InChI is InChI=1S/C11H16O/c1-8(2)11(12)10-6-4-9(3)5-7-10/h6,9H,1,4-5,7H2,2-3H3. The van der Waals surface area contributed by atoms with E-state index in [4.69, 9.17) is 0 Å². The van der Waals surface area contributed by atoms with Gasteiger partial charge >= 0.3 is 0 Å². The number of allylic oxidation sites excluding steroid dienone is 3. The molecule has 66 valence electrons. The zero-order valence-electron chi connectivity index (χ0n) is 7.89. The fraction of sp³-hybridized carbons (Fsp3) is 0.545. The molecular formula is C11H16O. The van der Waals surface area contributed by atoms with Gasteiger partial charge in [0, 0.05) is 0 Å². The van der Waals surface area contributed by atoms with E-state index in [0.717, 1.165) is 30.8 Å². The maximum atomic E-state index is 11.4. The third-order valence-corrected chi connectivity index (χ3v) is 2.35. The number of Topliss-reactive ketones (excluding diaryl/α,β-unsaturated/α-hetero) is 1. The van der Waals surface area contributed by atoms with Crippen molar-refractivity contribution in [1.29, 1.82) is 0 Å². The van der Waals surface area contributed by atoms with Gasteiger partial charge in [-0.2, -0.15) is 0 Å². The second kappa shape index (κ2) is 3.70. The Morgan fingerprint density at radius 2 is 2.33 bits per heavy atom. The van der Waals surface area contributed by atoms with Crippen molar-refractivity contribution in [2.45, 2.75) is 33.1 Å². The fourth-order valence-corrected chi connectivity index (χ4v) is 1.45. The molecule has 0 radical (unpaired) electrons. The van der Waals surface area contributed by atoms with Gasteiger partial charge in [-0.15, -0.1) is 0 Å². The van der Waals surface area contributed by atoms with Crippen LogP contribution in [0, 0.1) is 5.92 Å². The monoisotopic (exact) mass is 164 g/mol. The lowest BCUT2D eigenvalue weighted by molar-refractivity contribution is -0.112. The molecule has 1 atom stereocenters. The molecule has 1 unspecified atom stereocenters. The second-order valence-corrected chi connectivity index (χ2v) is 3.72. The third kappa shape index (κ3) is 2.07. The molecule has 0 saturated carbocycles. The Balaban J connectivity index is 2.65. The molecule has 0 N–H and O–H groups in total. The first kappa shape index (κ1) is 9.24. The minimum absolute atomic E-state index is 0.155. The molecule has 0 spiro atoms. The highest BCUT2D eigenvalue weighted by atomic mass is 16.1. The van der Waals surface area contributed by atoms with Crippen LogP contribution in [0.3, 0.4) is 0 Å². The molecular weight excluding hydrogens is 148 g/mol.